The van der Waals surface area contributed by atoms with Gasteiger partial charge in [-0.25, -0.2) is 12.8 Å². The van der Waals surface area contributed by atoms with Crippen LogP contribution in [0.1, 0.15) is 12.5 Å². The lowest BCUT2D eigenvalue weighted by molar-refractivity contribution is -0.116. The Morgan fingerprint density at radius 3 is 2.55 bits per heavy atom. The molecule has 0 radical (unpaired) electrons. The molecule has 29 heavy (non-hydrogen) atoms. The molecule has 0 fully saturated rings. The number of aromatic nitrogens is 2. The molecule has 9 heteroatoms. The van der Waals surface area contributed by atoms with Crippen LogP contribution in [0.3, 0.4) is 0 Å². The number of amides is 1. The summed E-state index contributed by atoms with van der Waals surface area (Å²) in [5.74, 6) is -0.694. The molecule has 152 valence electrons. The average molecular weight is 416 g/mol. The lowest BCUT2D eigenvalue weighted by Crippen LogP contribution is -2.37. The Labute approximate surface area is 168 Å². The van der Waals surface area contributed by atoms with Crippen molar-refractivity contribution in [1.29, 1.82) is 0 Å². The van der Waals surface area contributed by atoms with Crippen LogP contribution in [-0.4, -0.2) is 41.9 Å². The Bertz CT molecular complexity index is 1110. The molecule has 0 bridgehead atoms. The van der Waals surface area contributed by atoms with E-state index in [-0.39, 0.29) is 29.6 Å². The summed E-state index contributed by atoms with van der Waals surface area (Å²) < 4.78 is 40.0. The van der Waals surface area contributed by atoms with Gasteiger partial charge in [0.1, 0.15) is 5.82 Å². The number of anilines is 1. The van der Waals surface area contributed by atoms with Gasteiger partial charge in [0.25, 0.3) is 0 Å². The second kappa shape index (κ2) is 8.54. The fourth-order valence-electron chi connectivity index (χ4n) is 2.76. The summed E-state index contributed by atoms with van der Waals surface area (Å²) in [5.41, 5.74) is 2.05. The molecule has 2 N–H and O–H groups in total. The van der Waals surface area contributed by atoms with Gasteiger partial charge in [0.15, 0.2) is 5.82 Å². The van der Waals surface area contributed by atoms with Gasteiger partial charge in [0.2, 0.25) is 15.9 Å². The van der Waals surface area contributed by atoms with Crippen molar-refractivity contribution in [2.75, 3.05) is 18.4 Å². The molecular weight excluding hydrogens is 395 g/mol. The minimum Gasteiger partial charge on any atom is -0.308 e. The molecule has 0 saturated carbocycles. The monoisotopic (exact) mass is 416 g/mol. The number of likely N-dealkylation sites (N-methyl/N-ethyl adjacent to an activating group) is 1. The molecule has 2 aromatic carbocycles. The lowest BCUT2D eigenvalue weighted by atomic mass is 10.1. The first-order valence-electron chi connectivity index (χ1n) is 8.97. The van der Waals surface area contributed by atoms with Crippen LogP contribution in [-0.2, 0) is 14.8 Å². The normalized spacial score (nSPS) is 11.6. The van der Waals surface area contributed by atoms with Crippen LogP contribution in [0.15, 0.2) is 59.5 Å². The van der Waals surface area contributed by atoms with Crippen LogP contribution in [0.4, 0.5) is 10.2 Å². The van der Waals surface area contributed by atoms with Crippen molar-refractivity contribution in [3.8, 4) is 11.3 Å². The molecule has 0 atom stereocenters. The predicted octanol–water partition coefficient (Wildman–Crippen LogP) is 3.17. The van der Waals surface area contributed by atoms with Crippen molar-refractivity contribution in [2.24, 2.45) is 0 Å². The lowest BCUT2D eigenvalue weighted by Gasteiger charge is -2.19. The molecule has 0 unspecified atom stereocenters. The molecule has 1 aromatic heterocycles. The number of benzene rings is 2. The van der Waals surface area contributed by atoms with Crippen molar-refractivity contribution in [1.82, 2.24) is 14.5 Å². The third-order valence-electron chi connectivity index (χ3n) is 4.31. The van der Waals surface area contributed by atoms with Gasteiger partial charge in [-0.15, -0.1) is 0 Å². The van der Waals surface area contributed by atoms with Gasteiger partial charge in [-0.1, -0.05) is 36.8 Å². The maximum absolute atomic E-state index is 13.4. The number of hydrogen-bond donors (Lipinski definition) is 2. The second-order valence-electron chi connectivity index (χ2n) is 6.47. The van der Waals surface area contributed by atoms with E-state index in [0.717, 1.165) is 9.87 Å². The Morgan fingerprint density at radius 2 is 1.90 bits per heavy atom. The minimum absolute atomic E-state index is 0.130. The van der Waals surface area contributed by atoms with Crippen LogP contribution in [0.5, 0.6) is 0 Å². The highest BCUT2D eigenvalue weighted by atomic mass is 32.2. The Kier molecular flexibility index (Phi) is 6.09. The van der Waals surface area contributed by atoms with Crippen LogP contribution < -0.4 is 5.32 Å². The van der Waals surface area contributed by atoms with E-state index < -0.39 is 15.9 Å². The van der Waals surface area contributed by atoms with E-state index in [0.29, 0.717) is 11.3 Å². The Hall–Kier alpha value is -3.04. The molecule has 1 heterocycles. The molecule has 7 nitrogen and oxygen atoms in total. The maximum Gasteiger partial charge on any atom is 0.243 e. The molecule has 0 aliphatic heterocycles. The molecule has 0 aliphatic carbocycles. The second-order valence-corrected chi connectivity index (χ2v) is 8.41. The number of nitrogens with one attached hydrogen (secondary N) is 2. The Morgan fingerprint density at radius 1 is 1.17 bits per heavy atom. The van der Waals surface area contributed by atoms with Crippen LogP contribution >= 0.6 is 0 Å². The maximum atomic E-state index is 13.4. The Balaban J connectivity index is 1.70. The standard InChI is InChI=1S/C20H21FN4O3S/c1-3-25(29(27,28)17-9-7-14(2)8-10-17)13-20(26)22-19-12-18(23-24-19)15-5-4-6-16(21)11-15/h4-12H,3,13H2,1-2H3,(H2,22,23,24,26). The van der Waals surface area contributed by atoms with E-state index in [9.17, 15) is 17.6 Å². The number of aromatic amines is 1. The molecule has 0 spiro atoms. The SMILES string of the molecule is CCN(CC(=O)Nc1cc(-c2cccc(F)c2)[nH]n1)S(=O)(=O)c1ccc(C)cc1. The molecule has 1 amide bonds. The van der Waals surface area contributed by atoms with Crippen LogP contribution in [0.25, 0.3) is 11.3 Å². The van der Waals surface area contributed by atoms with Gasteiger partial charge in [-0.05, 0) is 31.2 Å². The molecule has 0 saturated heterocycles. The molecule has 0 aliphatic rings. The smallest absolute Gasteiger partial charge is 0.243 e. The van der Waals surface area contributed by atoms with Crippen molar-refractivity contribution < 1.29 is 17.6 Å². The summed E-state index contributed by atoms with van der Waals surface area (Å²) >= 11 is 0. The zero-order valence-electron chi connectivity index (χ0n) is 16.0. The first-order chi connectivity index (χ1) is 13.8. The largest absolute Gasteiger partial charge is 0.308 e. The van der Waals surface area contributed by atoms with E-state index in [2.05, 4.69) is 15.5 Å². The van der Waals surface area contributed by atoms with E-state index in [1.54, 1.807) is 37.3 Å². The number of hydrogen-bond acceptors (Lipinski definition) is 4. The quantitative estimate of drug-likeness (QED) is 0.618. The highest BCUT2D eigenvalue weighted by molar-refractivity contribution is 7.89. The minimum atomic E-state index is -3.80. The van der Waals surface area contributed by atoms with Gasteiger partial charge in [-0.3, -0.25) is 9.89 Å². The van der Waals surface area contributed by atoms with Crippen molar-refractivity contribution in [2.45, 2.75) is 18.7 Å². The summed E-state index contributed by atoms with van der Waals surface area (Å²) in [6.45, 7) is 3.31. The number of halogens is 1. The molecule has 3 rings (SSSR count). The van der Waals surface area contributed by atoms with Crippen molar-refractivity contribution in [3.05, 3.63) is 66.0 Å². The predicted molar refractivity (Wildman–Crippen MR) is 108 cm³/mol. The molecule has 3 aromatic rings. The summed E-state index contributed by atoms with van der Waals surface area (Å²) in [6, 6.07) is 13.9. The summed E-state index contributed by atoms with van der Waals surface area (Å²) in [6.07, 6.45) is 0. The fourth-order valence-corrected chi connectivity index (χ4v) is 4.16. The topological polar surface area (TPSA) is 95.2 Å². The number of rotatable bonds is 7. The summed E-state index contributed by atoms with van der Waals surface area (Å²) in [4.78, 5) is 12.5. The van der Waals surface area contributed by atoms with E-state index in [1.807, 2.05) is 6.92 Å². The number of H-pyrrole nitrogens is 1. The highest BCUT2D eigenvalue weighted by Gasteiger charge is 2.25. The van der Waals surface area contributed by atoms with Crippen molar-refractivity contribution in [3.63, 3.8) is 0 Å². The number of nitrogens with zero attached hydrogens (tertiary/aromatic N) is 2. The average Bonchev–Trinajstić information content (AvgIpc) is 3.14. The van der Waals surface area contributed by atoms with Crippen LogP contribution in [0.2, 0.25) is 0 Å². The number of sulfonamides is 1. The summed E-state index contributed by atoms with van der Waals surface area (Å²) in [7, 11) is -3.80. The molecular formula is C20H21FN4O3S. The number of carbonyl (C=O) groups is 1. The van der Waals surface area contributed by atoms with Gasteiger partial charge < -0.3 is 5.32 Å². The van der Waals surface area contributed by atoms with Crippen LogP contribution in [0, 0.1) is 12.7 Å². The van der Waals surface area contributed by atoms with Gasteiger partial charge >= 0.3 is 0 Å². The first kappa shape index (κ1) is 20.7. The zero-order chi connectivity index (χ0) is 21.0. The highest BCUT2D eigenvalue weighted by Crippen LogP contribution is 2.21. The summed E-state index contributed by atoms with van der Waals surface area (Å²) in [5, 5.41) is 9.26. The van der Waals surface area contributed by atoms with E-state index in [4.69, 9.17) is 0 Å². The third kappa shape index (κ3) is 4.87. The van der Waals surface area contributed by atoms with E-state index >= 15 is 0 Å². The number of aryl methyl sites for hydroxylation is 1. The van der Waals surface area contributed by atoms with Crippen molar-refractivity contribution >= 4 is 21.7 Å². The van der Waals surface area contributed by atoms with Gasteiger partial charge in [0.05, 0.1) is 17.1 Å². The zero-order valence-corrected chi connectivity index (χ0v) is 16.8. The van der Waals surface area contributed by atoms with Gasteiger partial charge in [0, 0.05) is 18.2 Å². The van der Waals surface area contributed by atoms with E-state index in [1.165, 1.54) is 24.3 Å². The first-order valence-corrected chi connectivity index (χ1v) is 10.4. The van der Waals surface area contributed by atoms with Gasteiger partial charge in [-0.2, -0.15) is 9.40 Å². The fraction of sp³-hybridized carbons (Fsp3) is 0.200. The third-order valence-corrected chi connectivity index (χ3v) is 6.25. The number of carbonyl (C=O) groups excluding carboxylic acids is 1.